The number of ketones is 1. The third-order valence-electron chi connectivity index (χ3n) is 9.05. The molecule has 0 radical (unpaired) electrons. The Kier molecular flexibility index (Phi) is 11.9. The van der Waals surface area contributed by atoms with E-state index >= 15 is 0 Å². The number of fused-ring (bicyclic) bond motifs is 1. The highest BCUT2D eigenvalue weighted by Gasteiger charge is 2.42. The van der Waals surface area contributed by atoms with Crippen LogP contribution < -0.4 is 10.1 Å². The largest absolute Gasteiger partial charge is 0.491 e. The van der Waals surface area contributed by atoms with E-state index in [4.69, 9.17) is 18.9 Å². The number of amides is 3. The van der Waals surface area contributed by atoms with E-state index in [1.165, 1.54) is 10.5 Å². The standard InChI is InChI=1S/C41H42N2O8/c1-2-33(28-7-4-3-5-8-28)39(29-11-15-31(44)16-12-29)30-13-17-32(18-14-30)50-25-23-48-21-22-49-24-26-51-37-10-6-9-34-35(37)27-43(41(34)47)36-19-20-38(45)42-40(36)46/h3-15,17-18,27,34,36H,2,16,19-26H2,1H3,(H,42,45,46)/b39-33-. The molecular formula is C41H42N2O8. The van der Waals surface area contributed by atoms with E-state index in [1.807, 2.05) is 42.5 Å². The minimum atomic E-state index is -0.705. The Morgan fingerprint density at radius 3 is 2.25 bits per heavy atom. The maximum atomic E-state index is 13.0. The van der Waals surface area contributed by atoms with E-state index in [1.54, 1.807) is 30.5 Å². The van der Waals surface area contributed by atoms with Crippen LogP contribution in [0.3, 0.4) is 0 Å². The predicted octanol–water partition coefficient (Wildman–Crippen LogP) is 5.49. The van der Waals surface area contributed by atoms with Gasteiger partial charge in [-0.2, -0.15) is 0 Å². The summed E-state index contributed by atoms with van der Waals surface area (Å²) in [6.45, 7) is 4.34. The zero-order chi connectivity index (χ0) is 35.6. The number of carbonyl (C=O) groups excluding carboxylic acids is 4. The highest BCUT2D eigenvalue weighted by atomic mass is 16.6. The van der Waals surface area contributed by atoms with E-state index in [-0.39, 0.29) is 30.6 Å². The molecule has 2 aliphatic heterocycles. The summed E-state index contributed by atoms with van der Waals surface area (Å²) in [4.78, 5) is 50.2. The summed E-state index contributed by atoms with van der Waals surface area (Å²) in [5.41, 5.74) is 6.29. The molecule has 2 heterocycles. The number of rotatable bonds is 16. The van der Waals surface area contributed by atoms with Crippen molar-refractivity contribution in [3.63, 3.8) is 0 Å². The number of allylic oxidation sites excluding steroid dienone is 9. The van der Waals surface area contributed by atoms with Gasteiger partial charge in [0.2, 0.25) is 17.7 Å². The lowest BCUT2D eigenvalue weighted by atomic mass is 9.86. The molecule has 1 saturated heterocycles. The molecule has 0 saturated carbocycles. The molecule has 2 aliphatic carbocycles. The van der Waals surface area contributed by atoms with Crippen molar-refractivity contribution in [1.82, 2.24) is 10.2 Å². The summed E-state index contributed by atoms with van der Waals surface area (Å²) >= 11 is 0. The van der Waals surface area contributed by atoms with Gasteiger partial charge in [0.1, 0.15) is 30.8 Å². The van der Waals surface area contributed by atoms with Gasteiger partial charge in [-0.3, -0.25) is 24.5 Å². The molecule has 0 aromatic heterocycles. The number of piperidine rings is 1. The molecule has 4 aliphatic rings. The van der Waals surface area contributed by atoms with Crippen LogP contribution in [-0.4, -0.2) is 74.1 Å². The quantitative estimate of drug-likeness (QED) is 0.140. The van der Waals surface area contributed by atoms with E-state index < -0.39 is 17.9 Å². The van der Waals surface area contributed by atoms with Crippen molar-refractivity contribution in [2.24, 2.45) is 5.92 Å². The van der Waals surface area contributed by atoms with E-state index in [9.17, 15) is 19.2 Å². The van der Waals surface area contributed by atoms with Crippen molar-refractivity contribution < 1.29 is 38.1 Å². The van der Waals surface area contributed by atoms with Crippen molar-refractivity contribution in [3.8, 4) is 5.75 Å². The van der Waals surface area contributed by atoms with Crippen LogP contribution in [0.15, 0.2) is 114 Å². The van der Waals surface area contributed by atoms with Crippen molar-refractivity contribution in [3.05, 3.63) is 125 Å². The summed E-state index contributed by atoms with van der Waals surface area (Å²) in [7, 11) is 0. The fourth-order valence-electron chi connectivity index (χ4n) is 6.53. The highest BCUT2D eigenvalue weighted by Crippen LogP contribution is 2.37. The monoisotopic (exact) mass is 690 g/mol. The number of carbonyl (C=O) groups is 4. The Morgan fingerprint density at radius 2 is 1.57 bits per heavy atom. The second kappa shape index (κ2) is 17.1. The molecule has 1 N–H and O–H groups in total. The number of nitrogens with zero attached hydrogens (tertiary/aromatic N) is 1. The van der Waals surface area contributed by atoms with Crippen LogP contribution in [0.4, 0.5) is 0 Å². The molecular weight excluding hydrogens is 648 g/mol. The lowest BCUT2D eigenvalue weighted by Crippen LogP contribution is -2.52. The summed E-state index contributed by atoms with van der Waals surface area (Å²) in [5.74, 6) is -0.0984. The zero-order valence-corrected chi connectivity index (χ0v) is 28.7. The SMILES string of the molecule is CC/C(=C(\C1=CCC(=O)C=C1)c1ccc(OCCOCCOCCOC2=CC=CC3C(=O)N(C4CCC(=O)NC4=O)C=C23)cc1)c1ccccc1. The minimum absolute atomic E-state index is 0.107. The maximum Gasteiger partial charge on any atom is 0.249 e. The molecule has 10 nitrogen and oxygen atoms in total. The number of hydrogen-bond donors (Lipinski definition) is 1. The van der Waals surface area contributed by atoms with Gasteiger partial charge in [-0.15, -0.1) is 0 Å². The summed E-state index contributed by atoms with van der Waals surface area (Å²) < 4.78 is 23.2. The van der Waals surface area contributed by atoms with E-state index in [2.05, 4.69) is 36.5 Å². The van der Waals surface area contributed by atoms with Gasteiger partial charge in [0.25, 0.3) is 0 Å². The Balaban J connectivity index is 0.911. The minimum Gasteiger partial charge on any atom is -0.491 e. The van der Waals surface area contributed by atoms with Gasteiger partial charge in [0, 0.05) is 24.6 Å². The number of ether oxygens (including phenoxy) is 4. The first kappa shape index (κ1) is 35.5. The average molecular weight is 691 g/mol. The lowest BCUT2D eigenvalue weighted by molar-refractivity contribution is -0.143. The molecule has 51 heavy (non-hydrogen) atoms. The van der Waals surface area contributed by atoms with Crippen LogP contribution in [0.2, 0.25) is 0 Å². The third kappa shape index (κ3) is 8.71. The summed E-state index contributed by atoms with van der Waals surface area (Å²) in [6.07, 6.45) is 14.3. The molecule has 6 rings (SSSR count). The number of nitrogens with one attached hydrogen (secondary N) is 1. The molecule has 1 fully saturated rings. The molecule has 0 bridgehead atoms. The Labute approximate surface area is 297 Å². The van der Waals surface area contributed by atoms with Crippen LogP contribution in [-0.2, 0) is 33.4 Å². The van der Waals surface area contributed by atoms with Crippen LogP contribution >= 0.6 is 0 Å². The van der Waals surface area contributed by atoms with Crippen LogP contribution in [0.5, 0.6) is 5.75 Å². The fourth-order valence-corrected chi connectivity index (χ4v) is 6.53. The predicted molar refractivity (Wildman–Crippen MR) is 192 cm³/mol. The van der Waals surface area contributed by atoms with Gasteiger partial charge < -0.3 is 23.8 Å². The van der Waals surface area contributed by atoms with Crippen molar-refractivity contribution in [1.29, 1.82) is 0 Å². The number of imide groups is 1. The Morgan fingerprint density at radius 1 is 0.843 bits per heavy atom. The van der Waals surface area contributed by atoms with Gasteiger partial charge in [-0.1, -0.05) is 73.7 Å². The summed E-state index contributed by atoms with van der Waals surface area (Å²) in [6, 6.07) is 17.7. The van der Waals surface area contributed by atoms with E-state index in [0.29, 0.717) is 57.2 Å². The first-order valence-corrected chi connectivity index (χ1v) is 17.4. The maximum absolute atomic E-state index is 13.0. The first-order valence-electron chi connectivity index (χ1n) is 17.4. The van der Waals surface area contributed by atoms with Gasteiger partial charge in [0.05, 0.1) is 32.3 Å². The van der Waals surface area contributed by atoms with Crippen molar-refractivity contribution in [2.75, 3.05) is 39.6 Å². The topological polar surface area (TPSA) is 120 Å². The van der Waals surface area contributed by atoms with Gasteiger partial charge in [-0.05, 0) is 65.0 Å². The summed E-state index contributed by atoms with van der Waals surface area (Å²) in [5, 5.41) is 2.31. The molecule has 2 unspecified atom stereocenters. The van der Waals surface area contributed by atoms with Gasteiger partial charge >= 0.3 is 0 Å². The average Bonchev–Trinajstić information content (AvgIpc) is 3.48. The number of benzene rings is 2. The molecule has 3 amide bonds. The molecule has 2 aromatic carbocycles. The van der Waals surface area contributed by atoms with Gasteiger partial charge in [0.15, 0.2) is 5.78 Å². The van der Waals surface area contributed by atoms with Crippen molar-refractivity contribution >= 4 is 34.7 Å². The third-order valence-corrected chi connectivity index (χ3v) is 9.05. The molecule has 2 aromatic rings. The lowest BCUT2D eigenvalue weighted by Gasteiger charge is -2.28. The second-order valence-corrected chi connectivity index (χ2v) is 12.4. The normalized spacial score (nSPS) is 20.3. The smallest absolute Gasteiger partial charge is 0.249 e. The van der Waals surface area contributed by atoms with E-state index in [0.717, 1.165) is 34.4 Å². The molecule has 0 spiro atoms. The van der Waals surface area contributed by atoms with Crippen LogP contribution in [0.25, 0.3) is 11.1 Å². The molecule has 10 heteroatoms. The molecule has 2 atom stereocenters. The van der Waals surface area contributed by atoms with Crippen LogP contribution in [0, 0.1) is 5.92 Å². The zero-order valence-electron chi connectivity index (χ0n) is 28.7. The Bertz CT molecular complexity index is 1820. The molecule has 264 valence electrons. The van der Waals surface area contributed by atoms with Gasteiger partial charge in [-0.25, -0.2) is 0 Å². The van der Waals surface area contributed by atoms with Crippen molar-refractivity contribution in [2.45, 2.75) is 38.6 Å². The second-order valence-electron chi connectivity index (χ2n) is 12.4. The Hall–Kier alpha value is -5.32. The number of hydrogen-bond acceptors (Lipinski definition) is 8. The fraction of sp³-hybridized carbons (Fsp3) is 0.317. The highest BCUT2D eigenvalue weighted by molar-refractivity contribution is 6.04. The first-order chi connectivity index (χ1) is 24.9. The van der Waals surface area contributed by atoms with Crippen LogP contribution in [0.1, 0.15) is 43.7 Å².